The van der Waals surface area contributed by atoms with Gasteiger partial charge in [0, 0.05) is 25.9 Å². The maximum absolute atomic E-state index is 12.1. The molecule has 1 aromatic carbocycles. The van der Waals surface area contributed by atoms with Gasteiger partial charge in [-0.15, -0.1) is 5.10 Å². The first-order valence-corrected chi connectivity index (χ1v) is 8.64. The molecular weight excluding hydrogens is 328 g/mol. The molecule has 8 heteroatoms. The molecule has 0 saturated heterocycles. The van der Waals surface area contributed by atoms with Crippen LogP contribution in [0, 0.1) is 13.8 Å². The van der Waals surface area contributed by atoms with E-state index in [-0.39, 0.29) is 17.3 Å². The minimum Gasteiger partial charge on any atom is -0.385 e. The number of aryl methyl sites for hydroxylation is 2. The van der Waals surface area contributed by atoms with E-state index in [2.05, 4.69) is 15.5 Å². The van der Waals surface area contributed by atoms with Crippen LogP contribution in [0.4, 0.5) is 5.69 Å². The average molecular weight is 350 g/mol. The number of rotatable bonds is 8. The SMILES string of the molecule is COCCCn1c(SCC(=O)Nc2ccc(C)c(C)c2)n[nH]c1=O. The molecule has 1 heterocycles. The molecule has 0 aliphatic heterocycles. The fourth-order valence-corrected chi connectivity index (χ4v) is 2.90. The Labute approximate surface area is 144 Å². The summed E-state index contributed by atoms with van der Waals surface area (Å²) in [4.78, 5) is 23.8. The second kappa shape index (κ2) is 8.70. The Balaban J connectivity index is 1.91. The first-order chi connectivity index (χ1) is 11.5. The number of nitrogens with one attached hydrogen (secondary N) is 2. The van der Waals surface area contributed by atoms with Crippen LogP contribution in [0.3, 0.4) is 0 Å². The van der Waals surface area contributed by atoms with Crippen LogP contribution >= 0.6 is 11.8 Å². The zero-order valence-electron chi connectivity index (χ0n) is 14.1. The Bertz CT molecular complexity index is 754. The Kier molecular flexibility index (Phi) is 6.62. The fraction of sp³-hybridized carbons (Fsp3) is 0.438. The summed E-state index contributed by atoms with van der Waals surface area (Å²) in [6, 6.07) is 5.78. The highest BCUT2D eigenvalue weighted by atomic mass is 32.2. The number of thioether (sulfide) groups is 1. The van der Waals surface area contributed by atoms with Crippen LogP contribution < -0.4 is 11.0 Å². The van der Waals surface area contributed by atoms with Gasteiger partial charge in [-0.1, -0.05) is 17.8 Å². The van der Waals surface area contributed by atoms with Gasteiger partial charge in [0.05, 0.1) is 5.75 Å². The fourth-order valence-electron chi connectivity index (χ4n) is 2.12. The standard InChI is InChI=1S/C16H22N4O3S/c1-11-5-6-13(9-12(11)2)17-14(21)10-24-16-19-18-15(22)20(16)7-4-8-23-3/h5-6,9H,4,7-8,10H2,1-3H3,(H,17,21)(H,18,22). The lowest BCUT2D eigenvalue weighted by atomic mass is 10.1. The molecule has 2 N–H and O–H groups in total. The van der Waals surface area contributed by atoms with Gasteiger partial charge in [0.1, 0.15) is 0 Å². The van der Waals surface area contributed by atoms with Gasteiger partial charge in [0.15, 0.2) is 5.16 Å². The third kappa shape index (κ3) is 4.97. The molecule has 1 amide bonds. The number of carbonyl (C=O) groups is 1. The van der Waals surface area contributed by atoms with E-state index in [1.165, 1.54) is 21.9 Å². The number of nitrogens with zero attached hydrogens (tertiary/aromatic N) is 2. The number of methoxy groups -OCH3 is 1. The predicted octanol–water partition coefficient (Wildman–Crippen LogP) is 1.96. The molecular formula is C16H22N4O3S. The lowest BCUT2D eigenvalue weighted by Crippen LogP contribution is -2.19. The minimum atomic E-state index is -0.275. The van der Waals surface area contributed by atoms with E-state index in [1.807, 2.05) is 32.0 Å². The van der Waals surface area contributed by atoms with Gasteiger partial charge < -0.3 is 10.1 Å². The minimum absolute atomic E-state index is 0.137. The quantitative estimate of drug-likeness (QED) is 0.561. The zero-order chi connectivity index (χ0) is 17.5. The van der Waals surface area contributed by atoms with Crippen LogP contribution in [0.15, 0.2) is 28.2 Å². The molecule has 0 unspecified atom stereocenters. The van der Waals surface area contributed by atoms with E-state index in [1.54, 1.807) is 7.11 Å². The van der Waals surface area contributed by atoms with Crippen molar-refractivity contribution in [2.24, 2.45) is 0 Å². The Morgan fingerprint density at radius 2 is 2.17 bits per heavy atom. The number of hydrogen-bond donors (Lipinski definition) is 2. The van der Waals surface area contributed by atoms with Crippen molar-refractivity contribution in [1.82, 2.24) is 14.8 Å². The lowest BCUT2D eigenvalue weighted by molar-refractivity contribution is -0.113. The second-order valence-corrected chi connectivity index (χ2v) is 6.39. The number of aromatic nitrogens is 3. The molecule has 0 spiro atoms. The van der Waals surface area contributed by atoms with Crippen molar-refractivity contribution in [3.05, 3.63) is 39.8 Å². The van der Waals surface area contributed by atoms with E-state index in [0.29, 0.717) is 24.7 Å². The summed E-state index contributed by atoms with van der Waals surface area (Å²) in [6.45, 7) is 5.10. The largest absolute Gasteiger partial charge is 0.385 e. The van der Waals surface area contributed by atoms with Crippen LogP contribution in [0.25, 0.3) is 0 Å². The van der Waals surface area contributed by atoms with Crippen molar-refractivity contribution < 1.29 is 9.53 Å². The van der Waals surface area contributed by atoms with E-state index in [4.69, 9.17) is 4.74 Å². The van der Waals surface area contributed by atoms with Crippen molar-refractivity contribution in [3.63, 3.8) is 0 Å². The van der Waals surface area contributed by atoms with Crippen LogP contribution in [-0.2, 0) is 16.1 Å². The highest BCUT2D eigenvalue weighted by Crippen LogP contribution is 2.17. The normalized spacial score (nSPS) is 10.8. The summed E-state index contributed by atoms with van der Waals surface area (Å²) >= 11 is 1.23. The van der Waals surface area contributed by atoms with Gasteiger partial charge in [-0.25, -0.2) is 9.89 Å². The lowest BCUT2D eigenvalue weighted by Gasteiger charge is -2.08. The monoisotopic (exact) mass is 350 g/mol. The third-order valence-corrected chi connectivity index (χ3v) is 4.55. The van der Waals surface area contributed by atoms with E-state index >= 15 is 0 Å². The van der Waals surface area contributed by atoms with Gasteiger partial charge >= 0.3 is 5.69 Å². The van der Waals surface area contributed by atoms with Gasteiger partial charge in [0.2, 0.25) is 5.91 Å². The number of anilines is 1. The smallest absolute Gasteiger partial charge is 0.343 e. The first-order valence-electron chi connectivity index (χ1n) is 7.65. The van der Waals surface area contributed by atoms with E-state index in [0.717, 1.165) is 11.3 Å². The molecule has 24 heavy (non-hydrogen) atoms. The molecule has 0 aliphatic carbocycles. The van der Waals surface area contributed by atoms with Crippen molar-refractivity contribution in [1.29, 1.82) is 0 Å². The number of hydrogen-bond acceptors (Lipinski definition) is 5. The van der Waals surface area contributed by atoms with Gasteiger partial charge in [0.25, 0.3) is 0 Å². The van der Waals surface area contributed by atoms with Gasteiger partial charge in [-0.2, -0.15) is 0 Å². The molecule has 2 rings (SSSR count). The molecule has 0 bridgehead atoms. The van der Waals surface area contributed by atoms with Gasteiger partial charge in [-0.05, 0) is 43.5 Å². The van der Waals surface area contributed by atoms with E-state index in [9.17, 15) is 9.59 Å². The molecule has 0 atom stereocenters. The zero-order valence-corrected chi connectivity index (χ0v) is 14.9. The Morgan fingerprint density at radius 1 is 1.38 bits per heavy atom. The molecule has 0 aliphatic rings. The third-order valence-electron chi connectivity index (χ3n) is 3.58. The highest BCUT2D eigenvalue weighted by molar-refractivity contribution is 7.99. The summed E-state index contributed by atoms with van der Waals surface area (Å²) in [6.07, 6.45) is 0.707. The van der Waals surface area contributed by atoms with Crippen LogP contribution in [0.2, 0.25) is 0 Å². The summed E-state index contributed by atoms with van der Waals surface area (Å²) in [5.74, 6) is 0.0451. The summed E-state index contributed by atoms with van der Waals surface area (Å²) in [5, 5.41) is 9.74. The number of aromatic amines is 1. The number of H-pyrrole nitrogens is 1. The molecule has 0 fully saturated rings. The van der Waals surface area contributed by atoms with E-state index < -0.39 is 0 Å². The Hall–Kier alpha value is -2.06. The number of amides is 1. The first kappa shape index (κ1) is 18.3. The molecule has 2 aromatic rings. The summed E-state index contributed by atoms with van der Waals surface area (Å²) in [7, 11) is 1.62. The van der Waals surface area contributed by atoms with Crippen molar-refractivity contribution in [2.45, 2.75) is 32.0 Å². The molecule has 130 valence electrons. The second-order valence-electron chi connectivity index (χ2n) is 5.45. The Morgan fingerprint density at radius 3 is 2.88 bits per heavy atom. The topological polar surface area (TPSA) is 89.0 Å². The van der Waals surface area contributed by atoms with Crippen LogP contribution in [0.1, 0.15) is 17.5 Å². The molecule has 7 nitrogen and oxygen atoms in total. The van der Waals surface area contributed by atoms with Crippen LogP contribution in [0.5, 0.6) is 0 Å². The molecule has 1 aromatic heterocycles. The number of benzene rings is 1. The van der Waals surface area contributed by atoms with Crippen LogP contribution in [-0.4, -0.2) is 40.1 Å². The molecule has 0 saturated carbocycles. The molecule has 0 radical (unpaired) electrons. The van der Waals surface area contributed by atoms with Crippen molar-refractivity contribution in [3.8, 4) is 0 Å². The maximum Gasteiger partial charge on any atom is 0.343 e. The summed E-state index contributed by atoms with van der Waals surface area (Å²) in [5.41, 5.74) is 2.80. The van der Waals surface area contributed by atoms with Crippen molar-refractivity contribution >= 4 is 23.4 Å². The highest BCUT2D eigenvalue weighted by Gasteiger charge is 2.11. The summed E-state index contributed by atoms with van der Waals surface area (Å²) < 4.78 is 6.51. The average Bonchev–Trinajstić information content (AvgIpc) is 2.90. The van der Waals surface area contributed by atoms with Crippen molar-refractivity contribution in [2.75, 3.05) is 24.8 Å². The maximum atomic E-state index is 12.1. The predicted molar refractivity (Wildman–Crippen MR) is 94.6 cm³/mol. The number of carbonyl (C=O) groups excluding carboxylic acids is 1. The van der Waals surface area contributed by atoms with Gasteiger partial charge in [-0.3, -0.25) is 9.36 Å². The number of ether oxygens (including phenoxy) is 1.